The third-order valence-corrected chi connectivity index (χ3v) is 1.31. The summed E-state index contributed by atoms with van der Waals surface area (Å²) < 4.78 is 0. The van der Waals surface area contributed by atoms with E-state index in [1.807, 2.05) is 0 Å². The molecule has 0 aromatic heterocycles. The first-order chi connectivity index (χ1) is 4.57. The number of hydrogen-bond donors (Lipinski definition) is 0. The summed E-state index contributed by atoms with van der Waals surface area (Å²) in [6, 6.07) is 2.06. The van der Waals surface area contributed by atoms with Crippen LogP contribution < -0.4 is 0 Å². The maximum Gasteiger partial charge on any atom is 0.219 e. The smallest absolute Gasteiger partial charge is 0.219 e. The summed E-state index contributed by atoms with van der Waals surface area (Å²) in [6.45, 7) is 3.80. The quantitative estimate of drug-likeness (QED) is 0.564. The molecule has 0 saturated carbocycles. The SMILES string of the molecule is CC(=O)N(C)CC(C)C#N. The van der Waals surface area contributed by atoms with E-state index in [2.05, 4.69) is 6.07 Å². The minimum Gasteiger partial charge on any atom is -0.345 e. The Morgan fingerprint density at radius 2 is 2.30 bits per heavy atom. The van der Waals surface area contributed by atoms with E-state index in [-0.39, 0.29) is 11.8 Å². The van der Waals surface area contributed by atoms with Crippen LogP contribution in [-0.2, 0) is 4.79 Å². The molecule has 0 N–H and O–H groups in total. The molecule has 0 spiro atoms. The predicted octanol–water partition coefficient (Wildman–Crippen LogP) is 0.624. The van der Waals surface area contributed by atoms with Crippen molar-refractivity contribution in [3.05, 3.63) is 0 Å². The summed E-state index contributed by atoms with van der Waals surface area (Å²) in [5, 5.41) is 8.38. The number of nitriles is 1. The summed E-state index contributed by atoms with van der Waals surface area (Å²) in [5.74, 6) is -0.0731. The maximum atomic E-state index is 10.6. The highest BCUT2D eigenvalue weighted by atomic mass is 16.2. The molecule has 0 heterocycles. The normalized spacial score (nSPS) is 11.8. The van der Waals surface area contributed by atoms with Gasteiger partial charge in [0.2, 0.25) is 5.91 Å². The number of carbonyl (C=O) groups excluding carboxylic acids is 1. The molecule has 1 atom stereocenters. The molecule has 0 aliphatic carbocycles. The van der Waals surface area contributed by atoms with E-state index in [1.54, 1.807) is 14.0 Å². The molecule has 56 valence electrons. The Morgan fingerprint density at radius 3 is 2.60 bits per heavy atom. The monoisotopic (exact) mass is 140 g/mol. The van der Waals surface area contributed by atoms with Gasteiger partial charge < -0.3 is 4.90 Å². The van der Waals surface area contributed by atoms with Crippen LogP contribution in [0.5, 0.6) is 0 Å². The van der Waals surface area contributed by atoms with Gasteiger partial charge in [-0.2, -0.15) is 5.26 Å². The van der Waals surface area contributed by atoms with E-state index in [9.17, 15) is 4.79 Å². The van der Waals surface area contributed by atoms with E-state index >= 15 is 0 Å². The molecule has 0 aliphatic rings. The first-order valence-electron chi connectivity index (χ1n) is 3.19. The zero-order chi connectivity index (χ0) is 8.15. The summed E-state index contributed by atoms with van der Waals surface area (Å²) in [7, 11) is 1.69. The summed E-state index contributed by atoms with van der Waals surface area (Å²) in [4.78, 5) is 12.1. The van der Waals surface area contributed by atoms with Gasteiger partial charge in [0.1, 0.15) is 0 Å². The Morgan fingerprint density at radius 1 is 1.80 bits per heavy atom. The first kappa shape index (κ1) is 8.96. The highest BCUT2D eigenvalue weighted by molar-refractivity contribution is 5.72. The number of carbonyl (C=O) groups is 1. The molecule has 0 fully saturated rings. The Balaban J connectivity index is 3.70. The van der Waals surface area contributed by atoms with Crippen molar-refractivity contribution in [1.82, 2.24) is 4.90 Å². The molecular formula is C7H12N2O. The number of amides is 1. The Labute approximate surface area is 61.2 Å². The van der Waals surface area contributed by atoms with Crippen molar-refractivity contribution < 1.29 is 4.79 Å². The van der Waals surface area contributed by atoms with Gasteiger partial charge in [-0.1, -0.05) is 0 Å². The first-order valence-corrected chi connectivity index (χ1v) is 3.19. The van der Waals surface area contributed by atoms with E-state index in [4.69, 9.17) is 5.26 Å². The Kier molecular flexibility index (Phi) is 3.48. The Bertz CT molecular complexity index is 159. The molecule has 0 aliphatic heterocycles. The Hall–Kier alpha value is -1.04. The fourth-order valence-electron chi connectivity index (χ4n) is 0.580. The summed E-state index contributed by atoms with van der Waals surface area (Å²) >= 11 is 0. The number of nitrogens with zero attached hydrogens (tertiary/aromatic N) is 2. The van der Waals surface area contributed by atoms with Gasteiger partial charge >= 0.3 is 0 Å². The van der Waals surface area contributed by atoms with Gasteiger partial charge in [0, 0.05) is 20.5 Å². The molecule has 1 unspecified atom stereocenters. The molecule has 0 aromatic rings. The molecule has 3 heteroatoms. The van der Waals surface area contributed by atoms with Gasteiger partial charge in [-0.15, -0.1) is 0 Å². The topological polar surface area (TPSA) is 44.1 Å². The second-order valence-corrected chi connectivity index (χ2v) is 2.43. The van der Waals surface area contributed by atoms with Crippen molar-refractivity contribution in [3.63, 3.8) is 0 Å². The molecule has 0 radical (unpaired) electrons. The molecular weight excluding hydrogens is 128 g/mol. The van der Waals surface area contributed by atoms with Crippen molar-refractivity contribution in [2.75, 3.05) is 13.6 Å². The van der Waals surface area contributed by atoms with Gasteiger partial charge in [-0.25, -0.2) is 0 Å². The van der Waals surface area contributed by atoms with Crippen LogP contribution in [0.3, 0.4) is 0 Å². The minimum absolute atomic E-state index is 0.00194. The highest BCUT2D eigenvalue weighted by Gasteiger charge is 2.06. The van der Waals surface area contributed by atoms with Crippen LogP contribution in [0.2, 0.25) is 0 Å². The van der Waals surface area contributed by atoms with E-state index < -0.39 is 0 Å². The van der Waals surface area contributed by atoms with Crippen LogP contribution in [0, 0.1) is 17.2 Å². The van der Waals surface area contributed by atoms with Crippen LogP contribution in [0.25, 0.3) is 0 Å². The predicted molar refractivity (Wildman–Crippen MR) is 38.1 cm³/mol. The van der Waals surface area contributed by atoms with Gasteiger partial charge in [-0.05, 0) is 6.92 Å². The second kappa shape index (κ2) is 3.89. The van der Waals surface area contributed by atoms with Gasteiger partial charge in [-0.3, -0.25) is 4.79 Å². The van der Waals surface area contributed by atoms with Crippen LogP contribution in [0.15, 0.2) is 0 Å². The number of rotatable bonds is 2. The second-order valence-electron chi connectivity index (χ2n) is 2.43. The van der Waals surface area contributed by atoms with Crippen LogP contribution in [0.4, 0.5) is 0 Å². The lowest BCUT2D eigenvalue weighted by molar-refractivity contribution is -0.127. The van der Waals surface area contributed by atoms with Crippen molar-refractivity contribution in [3.8, 4) is 6.07 Å². The van der Waals surface area contributed by atoms with Crippen molar-refractivity contribution in [2.45, 2.75) is 13.8 Å². The van der Waals surface area contributed by atoms with Crippen LogP contribution in [0.1, 0.15) is 13.8 Å². The average Bonchev–Trinajstić information content (AvgIpc) is 1.87. The molecule has 0 aromatic carbocycles. The lowest BCUT2D eigenvalue weighted by Gasteiger charge is -2.15. The fourth-order valence-corrected chi connectivity index (χ4v) is 0.580. The van der Waals surface area contributed by atoms with E-state index in [0.717, 1.165) is 0 Å². The van der Waals surface area contributed by atoms with Gasteiger partial charge in [0.15, 0.2) is 0 Å². The van der Waals surface area contributed by atoms with Gasteiger partial charge in [0.05, 0.1) is 12.0 Å². The molecule has 0 saturated heterocycles. The lowest BCUT2D eigenvalue weighted by Crippen LogP contribution is -2.28. The molecule has 1 amide bonds. The number of hydrogen-bond acceptors (Lipinski definition) is 2. The molecule has 10 heavy (non-hydrogen) atoms. The minimum atomic E-state index is -0.0751. The third-order valence-electron chi connectivity index (χ3n) is 1.31. The highest BCUT2D eigenvalue weighted by Crippen LogP contribution is 1.94. The summed E-state index contributed by atoms with van der Waals surface area (Å²) in [5.41, 5.74) is 0. The van der Waals surface area contributed by atoms with Crippen molar-refractivity contribution in [2.24, 2.45) is 5.92 Å². The maximum absolute atomic E-state index is 10.6. The van der Waals surface area contributed by atoms with Gasteiger partial charge in [0.25, 0.3) is 0 Å². The van der Waals surface area contributed by atoms with Crippen molar-refractivity contribution >= 4 is 5.91 Å². The third kappa shape index (κ3) is 3.08. The molecule has 3 nitrogen and oxygen atoms in total. The summed E-state index contributed by atoms with van der Waals surface area (Å²) in [6.07, 6.45) is 0. The van der Waals surface area contributed by atoms with E-state index in [1.165, 1.54) is 11.8 Å². The fraction of sp³-hybridized carbons (Fsp3) is 0.714. The van der Waals surface area contributed by atoms with Crippen LogP contribution >= 0.6 is 0 Å². The zero-order valence-corrected chi connectivity index (χ0v) is 6.59. The van der Waals surface area contributed by atoms with Crippen molar-refractivity contribution in [1.29, 1.82) is 5.26 Å². The van der Waals surface area contributed by atoms with Crippen LogP contribution in [-0.4, -0.2) is 24.4 Å². The zero-order valence-electron chi connectivity index (χ0n) is 6.59. The molecule has 0 rings (SSSR count). The lowest BCUT2D eigenvalue weighted by atomic mass is 10.2. The largest absolute Gasteiger partial charge is 0.345 e. The standard InChI is InChI=1S/C7H12N2O/c1-6(4-8)5-9(3)7(2)10/h6H,5H2,1-3H3. The average molecular weight is 140 g/mol. The molecule has 0 bridgehead atoms. The van der Waals surface area contributed by atoms with E-state index in [0.29, 0.717) is 6.54 Å².